The maximum absolute atomic E-state index is 13.1. The molecule has 8 heteroatoms. The van der Waals surface area contributed by atoms with E-state index in [2.05, 4.69) is 25.7 Å². The molecule has 0 N–H and O–H groups in total. The summed E-state index contributed by atoms with van der Waals surface area (Å²) in [7, 11) is 1.95. The lowest BCUT2D eigenvalue weighted by Gasteiger charge is -2.43. The number of pyridine rings is 1. The van der Waals surface area contributed by atoms with Crippen LogP contribution in [0.4, 0.5) is 8.78 Å². The smallest absolute Gasteiger partial charge is 0.343 e. The number of benzene rings is 1. The van der Waals surface area contributed by atoms with Crippen molar-refractivity contribution in [1.29, 1.82) is 0 Å². The molecule has 2 heterocycles. The number of carbonyl (C=O) groups is 1. The summed E-state index contributed by atoms with van der Waals surface area (Å²) in [6.45, 7) is 11.9. The minimum atomic E-state index is -2.60. The van der Waals surface area contributed by atoms with Crippen molar-refractivity contribution < 1.29 is 23.0 Å². The summed E-state index contributed by atoms with van der Waals surface area (Å²) < 4.78 is 38.4. The second-order valence-corrected chi connectivity index (χ2v) is 10.1. The van der Waals surface area contributed by atoms with Gasteiger partial charge in [0.1, 0.15) is 17.9 Å². The molecule has 0 saturated heterocycles. The van der Waals surface area contributed by atoms with E-state index < -0.39 is 24.4 Å². The van der Waals surface area contributed by atoms with Crippen molar-refractivity contribution in [3.05, 3.63) is 62.4 Å². The Hall–Kier alpha value is -3.16. The maximum Gasteiger partial charge on any atom is 0.343 e. The molecule has 3 rings (SSSR count). The molecule has 190 valence electrons. The van der Waals surface area contributed by atoms with Gasteiger partial charge in [0, 0.05) is 36.3 Å². The number of carbonyl (C=O) groups excluding carboxylic acids is 1. The quantitative estimate of drug-likeness (QED) is 0.603. The van der Waals surface area contributed by atoms with Crippen molar-refractivity contribution in [2.75, 3.05) is 26.8 Å². The van der Waals surface area contributed by atoms with Crippen LogP contribution in [0.5, 0.6) is 5.75 Å². The van der Waals surface area contributed by atoms with Gasteiger partial charge in [-0.15, -0.1) is 0 Å². The van der Waals surface area contributed by atoms with Crippen LogP contribution in [0.15, 0.2) is 35.3 Å². The summed E-state index contributed by atoms with van der Waals surface area (Å²) in [5, 5.41) is 1.47. The van der Waals surface area contributed by atoms with Gasteiger partial charge in [-0.05, 0) is 32.3 Å². The van der Waals surface area contributed by atoms with Gasteiger partial charge in [0.25, 0.3) is 6.43 Å². The van der Waals surface area contributed by atoms with Crippen molar-refractivity contribution in [1.82, 2.24) is 9.47 Å². The van der Waals surface area contributed by atoms with Gasteiger partial charge in [-0.25, -0.2) is 13.6 Å². The van der Waals surface area contributed by atoms with E-state index in [4.69, 9.17) is 9.47 Å². The largest absolute Gasteiger partial charge is 0.487 e. The number of halogens is 2. The molecule has 0 saturated carbocycles. The Balaban J connectivity index is 2.43. The molecule has 1 aliphatic rings. The van der Waals surface area contributed by atoms with Crippen LogP contribution < -0.4 is 20.6 Å². The Kier molecular flexibility index (Phi) is 7.72. The third kappa shape index (κ3) is 5.41. The van der Waals surface area contributed by atoms with Gasteiger partial charge in [0.15, 0.2) is 5.43 Å². The molecule has 0 amide bonds. The van der Waals surface area contributed by atoms with Crippen molar-refractivity contribution >= 4 is 17.2 Å². The molecule has 1 aromatic carbocycles. The first-order valence-electron chi connectivity index (χ1n) is 11.7. The lowest BCUT2D eigenvalue weighted by Crippen LogP contribution is -2.46. The first-order valence-corrected chi connectivity index (χ1v) is 11.7. The molecule has 2 aromatic rings. The van der Waals surface area contributed by atoms with Crippen molar-refractivity contribution in [2.45, 2.75) is 54.0 Å². The van der Waals surface area contributed by atoms with E-state index in [0.717, 1.165) is 16.5 Å². The molecule has 0 radical (unpaired) electrons. The number of ether oxygens (including phenoxy) is 2. The minimum Gasteiger partial charge on any atom is -0.487 e. The van der Waals surface area contributed by atoms with E-state index in [1.165, 1.54) is 6.07 Å². The molecular formula is C27H34F2N2O4. The van der Waals surface area contributed by atoms with Crippen LogP contribution in [0.1, 0.15) is 63.6 Å². The fraction of sp³-hybridized carbons (Fsp3) is 0.481. The van der Waals surface area contributed by atoms with Gasteiger partial charge in [-0.1, -0.05) is 38.5 Å². The average Bonchev–Trinajstić information content (AvgIpc) is 2.75. The van der Waals surface area contributed by atoms with Gasteiger partial charge in [-0.3, -0.25) is 4.79 Å². The number of rotatable bonds is 5. The van der Waals surface area contributed by atoms with Gasteiger partial charge in [0.2, 0.25) is 0 Å². The number of esters is 1. The predicted octanol–water partition coefficient (Wildman–Crippen LogP) is 3.55. The van der Waals surface area contributed by atoms with Gasteiger partial charge in [0.05, 0.1) is 24.0 Å². The van der Waals surface area contributed by atoms with Crippen molar-refractivity contribution in [2.24, 2.45) is 5.41 Å². The summed E-state index contributed by atoms with van der Waals surface area (Å²) >= 11 is 0. The first kappa shape index (κ1) is 26.4. The normalized spacial score (nSPS) is 17.3. The molecule has 1 aliphatic heterocycles. The molecule has 0 fully saturated rings. The minimum absolute atomic E-state index is 0.0128. The fourth-order valence-corrected chi connectivity index (χ4v) is 4.55. The highest BCUT2D eigenvalue weighted by molar-refractivity contribution is 5.89. The topological polar surface area (TPSA) is 60.8 Å². The van der Waals surface area contributed by atoms with Crippen LogP contribution in [0.25, 0.3) is 11.3 Å². The summed E-state index contributed by atoms with van der Waals surface area (Å²) in [6, 6.07) is 6.75. The average molecular weight is 489 g/mol. The lowest BCUT2D eigenvalue weighted by molar-refractivity contribution is 0.0522. The number of aromatic nitrogens is 1. The van der Waals surface area contributed by atoms with Gasteiger partial charge in [-0.2, -0.15) is 0 Å². The van der Waals surface area contributed by atoms with E-state index in [1.54, 1.807) is 25.3 Å². The molecular weight excluding hydrogens is 454 g/mol. The Labute approximate surface area is 204 Å². The number of hydrogen-bond donors (Lipinski definition) is 0. The SMILES string of the molecule is CCOC(=O)c1cn2c(cc1=O)/C(=c1\cccc(OCC(F)F)c1=C(C)C)N(C)CC2C(C)(C)C. The maximum atomic E-state index is 13.1. The Morgan fingerprint density at radius 1 is 1.23 bits per heavy atom. The van der Waals surface area contributed by atoms with E-state index in [0.29, 0.717) is 23.2 Å². The zero-order valence-corrected chi connectivity index (χ0v) is 21.4. The third-order valence-electron chi connectivity index (χ3n) is 6.13. The van der Waals surface area contributed by atoms with Crippen LogP contribution in [-0.4, -0.2) is 48.7 Å². The summed E-state index contributed by atoms with van der Waals surface area (Å²) in [4.78, 5) is 27.6. The first-order chi connectivity index (χ1) is 16.4. The molecule has 0 spiro atoms. The number of nitrogens with zero attached hydrogens (tertiary/aromatic N) is 2. The molecule has 1 atom stereocenters. The lowest BCUT2D eigenvalue weighted by atomic mass is 9.84. The Bertz CT molecular complexity index is 1290. The molecule has 0 bridgehead atoms. The fourth-order valence-electron chi connectivity index (χ4n) is 4.55. The highest BCUT2D eigenvalue weighted by Gasteiger charge is 2.35. The highest BCUT2D eigenvalue weighted by atomic mass is 19.3. The summed E-state index contributed by atoms with van der Waals surface area (Å²) in [5.74, 6) is -0.291. The molecule has 1 aromatic heterocycles. The van der Waals surface area contributed by atoms with Crippen molar-refractivity contribution in [3.63, 3.8) is 0 Å². The Morgan fingerprint density at radius 2 is 1.91 bits per heavy atom. The molecule has 0 aliphatic carbocycles. The highest BCUT2D eigenvalue weighted by Crippen LogP contribution is 2.37. The molecule has 6 nitrogen and oxygen atoms in total. The van der Waals surface area contributed by atoms with Crippen LogP contribution >= 0.6 is 0 Å². The summed E-state index contributed by atoms with van der Waals surface area (Å²) in [5.41, 5.74) is 1.66. The van der Waals surface area contributed by atoms with Gasteiger partial charge < -0.3 is 18.9 Å². The monoisotopic (exact) mass is 488 g/mol. The second-order valence-electron chi connectivity index (χ2n) is 10.1. The number of hydrogen-bond acceptors (Lipinski definition) is 5. The number of likely N-dealkylation sites (N-methyl/N-ethyl adjacent to an activating group) is 1. The third-order valence-corrected chi connectivity index (χ3v) is 6.13. The second kappa shape index (κ2) is 10.2. The van der Waals surface area contributed by atoms with Crippen LogP contribution in [0, 0.1) is 5.41 Å². The van der Waals surface area contributed by atoms with E-state index in [9.17, 15) is 18.4 Å². The zero-order valence-electron chi connectivity index (χ0n) is 21.4. The molecule has 35 heavy (non-hydrogen) atoms. The van der Waals surface area contributed by atoms with Gasteiger partial charge >= 0.3 is 5.97 Å². The van der Waals surface area contributed by atoms with E-state index in [1.807, 2.05) is 31.5 Å². The summed E-state index contributed by atoms with van der Waals surface area (Å²) in [6.07, 6.45) is -1.00. The van der Waals surface area contributed by atoms with Crippen LogP contribution in [0.2, 0.25) is 0 Å². The van der Waals surface area contributed by atoms with Crippen LogP contribution in [-0.2, 0) is 4.74 Å². The number of alkyl halides is 2. The van der Waals surface area contributed by atoms with E-state index >= 15 is 0 Å². The zero-order chi connectivity index (χ0) is 26.1. The Morgan fingerprint density at radius 3 is 2.49 bits per heavy atom. The predicted molar refractivity (Wildman–Crippen MR) is 132 cm³/mol. The standard InChI is InChI=1S/C27H34F2N2O4/c1-8-34-26(33)18-13-31-19(12-20(18)32)25(30(7)14-22(31)27(4,5)6)17-10-9-11-21(24(17)16(2)3)35-15-23(28)29/h9-13,22-23H,8,14-15H2,1-7H3/b25-17-. The van der Waals surface area contributed by atoms with Crippen molar-refractivity contribution in [3.8, 4) is 5.75 Å². The molecule has 1 unspecified atom stereocenters. The van der Waals surface area contributed by atoms with E-state index in [-0.39, 0.29) is 23.6 Å². The number of fused-ring (bicyclic) bond motifs is 1. The van der Waals surface area contributed by atoms with Crippen LogP contribution in [0.3, 0.4) is 0 Å².